The molecule has 0 radical (unpaired) electrons. The van der Waals surface area contributed by atoms with Crippen molar-refractivity contribution in [3.05, 3.63) is 31.3 Å². The lowest BCUT2D eigenvalue weighted by Gasteiger charge is -2.33. The summed E-state index contributed by atoms with van der Waals surface area (Å²) in [7, 11) is 0. The second-order valence-electron chi connectivity index (χ2n) is 4.18. The Morgan fingerprint density at radius 2 is 2.10 bits per heavy atom. The van der Waals surface area contributed by atoms with Gasteiger partial charge in [0.15, 0.2) is 6.04 Å². The van der Waals surface area contributed by atoms with Gasteiger partial charge in [0.2, 0.25) is 0 Å². The molecule has 0 bridgehead atoms. The topological polar surface area (TPSA) is 66.8 Å². The molecule has 8 heteroatoms. The predicted molar refractivity (Wildman–Crippen MR) is 82.5 cm³/mol. The number of morpholine rings is 1. The Morgan fingerprint density at radius 3 is 2.75 bits per heavy atom. The first-order chi connectivity index (χ1) is 9.41. The van der Waals surface area contributed by atoms with Gasteiger partial charge in [-0.05, 0) is 34.7 Å². The number of ether oxygens (including phenoxy) is 1. The zero-order valence-corrected chi connectivity index (χ0v) is 13.8. The smallest absolute Gasteiger partial charge is 0.328 e. The Labute approximate surface area is 138 Å². The molecular formula is C12H10Cl2INO4. The van der Waals surface area contributed by atoms with Crippen LogP contribution >= 0.6 is 45.8 Å². The molecule has 0 aliphatic carbocycles. The summed E-state index contributed by atoms with van der Waals surface area (Å²) in [6, 6.07) is 2.03. The summed E-state index contributed by atoms with van der Waals surface area (Å²) in [5.41, 5.74) is 0.302. The van der Waals surface area contributed by atoms with Crippen molar-refractivity contribution in [1.29, 1.82) is 0 Å². The third-order valence-corrected chi connectivity index (χ3v) is 4.90. The van der Waals surface area contributed by atoms with Crippen molar-refractivity contribution in [2.45, 2.75) is 6.04 Å². The van der Waals surface area contributed by atoms with Gasteiger partial charge in [0.1, 0.15) is 0 Å². The highest BCUT2D eigenvalue weighted by Gasteiger charge is 2.34. The van der Waals surface area contributed by atoms with Crippen molar-refractivity contribution in [2.75, 3.05) is 19.8 Å². The van der Waals surface area contributed by atoms with Crippen molar-refractivity contribution in [3.63, 3.8) is 0 Å². The molecule has 2 rings (SSSR count). The summed E-state index contributed by atoms with van der Waals surface area (Å²) < 4.78 is 5.66. The lowest BCUT2D eigenvalue weighted by Crippen LogP contribution is -2.52. The summed E-state index contributed by atoms with van der Waals surface area (Å²) in [6.07, 6.45) is 0. The highest BCUT2D eigenvalue weighted by atomic mass is 127. The van der Waals surface area contributed by atoms with Gasteiger partial charge >= 0.3 is 5.97 Å². The number of halogens is 3. The molecule has 1 heterocycles. The van der Waals surface area contributed by atoms with E-state index in [0.29, 0.717) is 25.8 Å². The Morgan fingerprint density at radius 1 is 1.40 bits per heavy atom. The first kappa shape index (κ1) is 15.8. The van der Waals surface area contributed by atoms with E-state index in [1.54, 1.807) is 0 Å². The van der Waals surface area contributed by atoms with E-state index < -0.39 is 17.9 Å². The van der Waals surface area contributed by atoms with Gasteiger partial charge in [0, 0.05) is 15.1 Å². The van der Waals surface area contributed by atoms with Crippen LogP contribution in [-0.4, -0.2) is 47.7 Å². The van der Waals surface area contributed by atoms with Crippen molar-refractivity contribution in [3.8, 4) is 0 Å². The quantitative estimate of drug-likeness (QED) is 0.579. The van der Waals surface area contributed by atoms with E-state index in [9.17, 15) is 9.59 Å². The van der Waals surface area contributed by atoms with Crippen LogP contribution in [0.15, 0.2) is 12.1 Å². The van der Waals surface area contributed by atoms with Gasteiger partial charge in [-0.1, -0.05) is 23.2 Å². The number of carboxylic acids is 1. The fourth-order valence-electron chi connectivity index (χ4n) is 1.92. The molecule has 108 valence electrons. The molecule has 0 spiro atoms. The van der Waals surface area contributed by atoms with Crippen LogP contribution in [0.1, 0.15) is 10.4 Å². The first-order valence-electron chi connectivity index (χ1n) is 5.68. The highest BCUT2D eigenvalue weighted by molar-refractivity contribution is 14.1. The Kier molecular flexibility index (Phi) is 5.11. The van der Waals surface area contributed by atoms with Crippen LogP contribution in [0.4, 0.5) is 0 Å². The first-order valence-corrected chi connectivity index (χ1v) is 7.51. The van der Waals surface area contributed by atoms with Crippen molar-refractivity contribution in [1.82, 2.24) is 4.90 Å². The third-order valence-electron chi connectivity index (χ3n) is 2.90. The fourth-order valence-corrected chi connectivity index (χ4v) is 2.95. The average molecular weight is 430 g/mol. The van der Waals surface area contributed by atoms with Crippen molar-refractivity contribution < 1.29 is 19.4 Å². The molecule has 1 fully saturated rings. The summed E-state index contributed by atoms with van der Waals surface area (Å²) in [5.74, 6) is -1.50. The zero-order chi connectivity index (χ0) is 14.9. The number of amides is 1. The Balaban J connectivity index is 2.37. The number of aliphatic carboxylic acids is 1. The van der Waals surface area contributed by atoms with Gasteiger partial charge < -0.3 is 14.7 Å². The van der Waals surface area contributed by atoms with Crippen LogP contribution in [-0.2, 0) is 9.53 Å². The van der Waals surface area contributed by atoms with Gasteiger partial charge in [0.25, 0.3) is 5.91 Å². The molecule has 1 unspecified atom stereocenters. The molecule has 1 aromatic rings. The normalized spacial score (nSPS) is 18.9. The maximum atomic E-state index is 12.5. The van der Waals surface area contributed by atoms with Gasteiger partial charge in [-0.2, -0.15) is 0 Å². The van der Waals surface area contributed by atoms with E-state index in [1.807, 2.05) is 22.6 Å². The van der Waals surface area contributed by atoms with Crippen LogP contribution in [0.5, 0.6) is 0 Å². The summed E-state index contributed by atoms with van der Waals surface area (Å²) >= 11 is 13.8. The fraction of sp³-hybridized carbons (Fsp3) is 0.333. The summed E-state index contributed by atoms with van der Waals surface area (Å²) in [4.78, 5) is 25.0. The summed E-state index contributed by atoms with van der Waals surface area (Å²) in [6.45, 7) is 0.502. The van der Waals surface area contributed by atoms with Crippen LogP contribution in [0.2, 0.25) is 10.0 Å². The number of carboxylic acid groups (broad SMARTS) is 1. The van der Waals surface area contributed by atoms with E-state index in [2.05, 4.69) is 0 Å². The molecule has 20 heavy (non-hydrogen) atoms. The second-order valence-corrected chi connectivity index (χ2v) is 6.10. The largest absolute Gasteiger partial charge is 0.480 e. The minimum Gasteiger partial charge on any atom is -0.480 e. The van der Waals surface area contributed by atoms with Crippen molar-refractivity contribution in [2.24, 2.45) is 0 Å². The molecule has 1 atom stereocenters. The molecule has 1 N–H and O–H groups in total. The standard InChI is InChI=1S/C12H10Cl2INO4/c13-6-3-7(10(15)8(14)4-6)11(17)16-1-2-20-5-9(16)12(18)19/h3-4,9H,1-2,5H2,(H,18,19). The van der Waals surface area contributed by atoms with Crippen LogP contribution in [0.3, 0.4) is 0 Å². The van der Waals surface area contributed by atoms with Gasteiger partial charge in [-0.15, -0.1) is 0 Å². The van der Waals surface area contributed by atoms with Crippen LogP contribution in [0, 0.1) is 3.57 Å². The SMILES string of the molecule is O=C(O)C1COCCN1C(=O)c1cc(Cl)cc(Cl)c1I. The Hall–Kier alpha value is -0.570. The average Bonchev–Trinajstić information content (AvgIpc) is 2.42. The number of benzene rings is 1. The highest BCUT2D eigenvalue weighted by Crippen LogP contribution is 2.28. The van der Waals surface area contributed by atoms with E-state index in [0.717, 1.165) is 0 Å². The van der Waals surface area contributed by atoms with Crippen LogP contribution < -0.4 is 0 Å². The van der Waals surface area contributed by atoms with E-state index in [1.165, 1.54) is 17.0 Å². The minimum atomic E-state index is -1.10. The maximum absolute atomic E-state index is 12.5. The summed E-state index contributed by atoms with van der Waals surface area (Å²) in [5, 5.41) is 9.85. The number of carbonyl (C=O) groups excluding carboxylic acids is 1. The molecular weight excluding hydrogens is 420 g/mol. The minimum absolute atomic E-state index is 0.0219. The lowest BCUT2D eigenvalue weighted by molar-refractivity contribution is -0.147. The zero-order valence-electron chi connectivity index (χ0n) is 10.1. The molecule has 1 amide bonds. The second kappa shape index (κ2) is 6.46. The number of nitrogens with zero attached hydrogens (tertiary/aromatic N) is 1. The molecule has 0 aromatic heterocycles. The van der Waals surface area contributed by atoms with Crippen molar-refractivity contribution >= 4 is 57.7 Å². The number of carbonyl (C=O) groups is 2. The third kappa shape index (κ3) is 3.19. The van der Waals surface area contributed by atoms with Gasteiger partial charge in [0.05, 0.1) is 23.8 Å². The van der Waals surface area contributed by atoms with E-state index in [4.69, 9.17) is 33.0 Å². The Bertz CT molecular complexity index is 567. The van der Waals surface area contributed by atoms with E-state index >= 15 is 0 Å². The molecule has 1 aliphatic heterocycles. The monoisotopic (exact) mass is 429 g/mol. The predicted octanol–water partition coefficient (Wildman–Crippen LogP) is 2.52. The number of hydrogen-bond donors (Lipinski definition) is 1. The molecule has 1 aromatic carbocycles. The van der Waals surface area contributed by atoms with Crippen LogP contribution in [0.25, 0.3) is 0 Å². The van der Waals surface area contributed by atoms with Gasteiger partial charge in [-0.3, -0.25) is 4.79 Å². The lowest BCUT2D eigenvalue weighted by atomic mass is 10.1. The van der Waals surface area contributed by atoms with Gasteiger partial charge in [-0.25, -0.2) is 4.79 Å². The van der Waals surface area contributed by atoms with E-state index in [-0.39, 0.29) is 13.2 Å². The molecule has 5 nitrogen and oxygen atoms in total. The maximum Gasteiger partial charge on any atom is 0.328 e. The number of rotatable bonds is 2. The molecule has 1 aliphatic rings. The molecule has 1 saturated heterocycles. The number of hydrogen-bond acceptors (Lipinski definition) is 3. The molecule has 0 saturated carbocycles.